The number of nitrogens with one attached hydrogen (secondary N) is 1. The van der Waals surface area contributed by atoms with Gasteiger partial charge < -0.3 is 15.6 Å². The van der Waals surface area contributed by atoms with Crippen molar-refractivity contribution in [3.05, 3.63) is 22.5 Å². The highest BCUT2D eigenvalue weighted by atomic mass is 16.5. The quantitative estimate of drug-likeness (QED) is 0.866. The number of fused-ring (bicyclic) bond motifs is 2. The van der Waals surface area contributed by atoms with Crippen LogP contribution in [0, 0.1) is 6.92 Å². The number of hydrogen-bond donors (Lipinski definition) is 2. The molecule has 0 radical (unpaired) electrons. The molecule has 2 aliphatic rings. The van der Waals surface area contributed by atoms with Crippen molar-refractivity contribution in [2.24, 2.45) is 5.73 Å². The molecule has 0 spiro atoms. The van der Waals surface area contributed by atoms with Crippen LogP contribution in [0.5, 0.6) is 0 Å². The molecule has 0 unspecified atom stereocenters. The minimum Gasteiger partial charge on any atom is -0.348 e. The molecule has 6 heteroatoms. The first kappa shape index (κ1) is 12.8. The molecule has 2 heterocycles. The Kier molecular flexibility index (Phi) is 2.75. The molecule has 6 nitrogen and oxygen atoms in total. The van der Waals surface area contributed by atoms with E-state index in [9.17, 15) is 4.79 Å². The van der Waals surface area contributed by atoms with Crippen LogP contribution in [0.15, 0.2) is 4.52 Å². The number of pyridine rings is 1. The lowest BCUT2D eigenvalue weighted by Crippen LogP contribution is -2.54. The summed E-state index contributed by atoms with van der Waals surface area (Å²) in [4.78, 5) is 17.3. The maximum absolute atomic E-state index is 12.8. The standard InChI is InChI=1S/C15H18N4O2/c1-7-12-13(14(20)17-11-6-5-9(11)16)8-3-2-4-10(8)18-15(12)21-19-7/h9,11H,2-6,16H2,1H3,(H,17,20)/t9-,11+/m1/s1. The molecule has 1 fully saturated rings. The van der Waals surface area contributed by atoms with E-state index in [0.29, 0.717) is 11.3 Å². The number of aromatic nitrogens is 2. The number of aryl methyl sites for hydroxylation is 2. The summed E-state index contributed by atoms with van der Waals surface area (Å²) in [5.74, 6) is -0.0630. The zero-order valence-electron chi connectivity index (χ0n) is 12.0. The van der Waals surface area contributed by atoms with E-state index in [1.807, 2.05) is 6.92 Å². The van der Waals surface area contributed by atoms with Crippen molar-refractivity contribution in [3.8, 4) is 0 Å². The number of nitrogens with zero attached hydrogens (tertiary/aromatic N) is 2. The molecular formula is C15H18N4O2. The third kappa shape index (κ3) is 1.86. The van der Waals surface area contributed by atoms with Crippen LogP contribution in [-0.2, 0) is 12.8 Å². The molecular weight excluding hydrogens is 268 g/mol. The van der Waals surface area contributed by atoms with E-state index in [0.717, 1.165) is 54.4 Å². The summed E-state index contributed by atoms with van der Waals surface area (Å²) in [5.41, 5.74) is 9.84. The van der Waals surface area contributed by atoms with Crippen molar-refractivity contribution in [2.45, 2.75) is 51.1 Å². The number of amides is 1. The van der Waals surface area contributed by atoms with E-state index in [1.54, 1.807) is 0 Å². The molecule has 2 atom stereocenters. The molecule has 4 rings (SSSR count). The summed E-state index contributed by atoms with van der Waals surface area (Å²) in [5, 5.41) is 7.78. The highest BCUT2D eigenvalue weighted by Gasteiger charge is 2.32. The number of hydrogen-bond acceptors (Lipinski definition) is 5. The van der Waals surface area contributed by atoms with Gasteiger partial charge in [-0.05, 0) is 44.6 Å². The molecule has 21 heavy (non-hydrogen) atoms. The zero-order valence-corrected chi connectivity index (χ0v) is 12.0. The van der Waals surface area contributed by atoms with E-state index >= 15 is 0 Å². The molecule has 0 aliphatic heterocycles. The maximum Gasteiger partial charge on any atom is 0.259 e. The van der Waals surface area contributed by atoms with Gasteiger partial charge in [-0.1, -0.05) is 5.16 Å². The Morgan fingerprint density at radius 2 is 2.24 bits per heavy atom. The van der Waals surface area contributed by atoms with Gasteiger partial charge in [-0.25, -0.2) is 4.98 Å². The van der Waals surface area contributed by atoms with Gasteiger partial charge in [0.2, 0.25) is 0 Å². The predicted molar refractivity (Wildman–Crippen MR) is 77.0 cm³/mol. The van der Waals surface area contributed by atoms with Gasteiger partial charge in [0.05, 0.1) is 16.6 Å². The Balaban J connectivity index is 1.82. The van der Waals surface area contributed by atoms with Gasteiger partial charge in [0.1, 0.15) is 0 Å². The van der Waals surface area contributed by atoms with Crippen molar-refractivity contribution in [2.75, 3.05) is 0 Å². The summed E-state index contributed by atoms with van der Waals surface area (Å²) in [6.45, 7) is 1.85. The van der Waals surface area contributed by atoms with Crippen LogP contribution < -0.4 is 11.1 Å². The lowest BCUT2D eigenvalue weighted by Gasteiger charge is -2.34. The van der Waals surface area contributed by atoms with Gasteiger partial charge in [0, 0.05) is 17.8 Å². The van der Waals surface area contributed by atoms with Crippen LogP contribution in [0.1, 0.15) is 46.6 Å². The maximum atomic E-state index is 12.8. The van der Waals surface area contributed by atoms with Gasteiger partial charge in [-0.15, -0.1) is 0 Å². The van der Waals surface area contributed by atoms with Crippen molar-refractivity contribution < 1.29 is 9.32 Å². The molecule has 2 aromatic rings. The largest absolute Gasteiger partial charge is 0.348 e. The summed E-state index contributed by atoms with van der Waals surface area (Å²) in [7, 11) is 0. The Morgan fingerprint density at radius 3 is 2.95 bits per heavy atom. The van der Waals surface area contributed by atoms with Gasteiger partial charge in [-0.2, -0.15) is 0 Å². The molecule has 2 aliphatic carbocycles. The van der Waals surface area contributed by atoms with E-state index in [1.165, 1.54) is 0 Å². The van der Waals surface area contributed by atoms with Crippen LogP contribution in [-0.4, -0.2) is 28.1 Å². The Hall–Kier alpha value is -1.95. The summed E-state index contributed by atoms with van der Waals surface area (Å²) in [6.07, 6.45) is 4.74. The first-order chi connectivity index (χ1) is 10.1. The fourth-order valence-corrected chi connectivity index (χ4v) is 3.31. The Labute approximate surface area is 122 Å². The predicted octanol–water partition coefficient (Wildman–Crippen LogP) is 1.24. The van der Waals surface area contributed by atoms with E-state index in [2.05, 4.69) is 15.5 Å². The number of nitrogens with two attached hydrogens (primary N) is 1. The van der Waals surface area contributed by atoms with Crippen LogP contribution in [0.25, 0.3) is 11.1 Å². The fourth-order valence-electron chi connectivity index (χ4n) is 3.31. The number of carbonyl (C=O) groups is 1. The smallest absolute Gasteiger partial charge is 0.259 e. The third-order valence-corrected chi connectivity index (χ3v) is 4.69. The molecule has 1 amide bonds. The van der Waals surface area contributed by atoms with Crippen LogP contribution in [0.4, 0.5) is 0 Å². The van der Waals surface area contributed by atoms with Crippen LogP contribution in [0.3, 0.4) is 0 Å². The van der Waals surface area contributed by atoms with Crippen LogP contribution in [0.2, 0.25) is 0 Å². The lowest BCUT2D eigenvalue weighted by atomic mass is 9.87. The highest BCUT2D eigenvalue weighted by Crippen LogP contribution is 2.32. The third-order valence-electron chi connectivity index (χ3n) is 4.69. The first-order valence-electron chi connectivity index (χ1n) is 7.49. The molecule has 0 saturated heterocycles. The van der Waals surface area contributed by atoms with Crippen molar-refractivity contribution >= 4 is 17.0 Å². The number of carbonyl (C=O) groups excluding carboxylic acids is 1. The second-order valence-corrected chi connectivity index (χ2v) is 6.03. The summed E-state index contributed by atoms with van der Waals surface area (Å²) < 4.78 is 5.27. The average molecular weight is 286 g/mol. The Bertz CT molecular complexity index is 737. The van der Waals surface area contributed by atoms with Gasteiger partial charge >= 0.3 is 0 Å². The minimum atomic E-state index is -0.0630. The molecule has 3 N–H and O–H groups in total. The molecule has 2 aromatic heterocycles. The zero-order chi connectivity index (χ0) is 14.6. The summed E-state index contributed by atoms with van der Waals surface area (Å²) >= 11 is 0. The second-order valence-electron chi connectivity index (χ2n) is 6.03. The minimum absolute atomic E-state index is 0.0630. The summed E-state index contributed by atoms with van der Waals surface area (Å²) in [6, 6.07) is 0.154. The number of rotatable bonds is 2. The van der Waals surface area contributed by atoms with Crippen molar-refractivity contribution in [1.29, 1.82) is 0 Å². The first-order valence-corrected chi connectivity index (χ1v) is 7.49. The van der Waals surface area contributed by atoms with Crippen molar-refractivity contribution in [1.82, 2.24) is 15.5 Å². The van der Waals surface area contributed by atoms with E-state index in [4.69, 9.17) is 10.3 Å². The van der Waals surface area contributed by atoms with Crippen LogP contribution >= 0.6 is 0 Å². The fraction of sp³-hybridized carbons (Fsp3) is 0.533. The second kappa shape index (κ2) is 4.53. The SMILES string of the molecule is Cc1noc2nc3c(c(C(=O)N[C@H]4CC[C@H]4N)c12)CCC3. The van der Waals surface area contributed by atoms with E-state index < -0.39 is 0 Å². The van der Waals surface area contributed by atoms with Gasteiger partial charge in [-0.3, -0.25) is 4.79 Å². The molecule has 0 bridgehead atoms. The van der Waals surface area contributed by atoms with Crippen molar-refractivity contribution in [3.63, 3.8) is 0 Å². The topological polar surface area (TPSA) is 94.0 Å². The van der Waals surface area contributed by atoms with Gasteiger partial charge in [0.25, 0.3) is 11.6 Å². The molecule has 1 saturated carbocycles. The normalized spacial score (nSPS) is 23.9. The lowest BCUT2D eigenvalue weighted by molar-refractivity contribution is 0.0906. The highest BCUT2D eigenvalue weighted by molar-refractivity contribution is 6.07. The molecule has 0 aromatic carbocycles. The van der Waals surface area contributed by atoms with Gasteiger partial charge in [0.15, 0.2) is 0 Å². The average Bonchev–Trinajstić information content (AvgIpc) is 3.07. The molecule has 110 valence electrons. The monoisotopic (exact) mass is 286 g/mol. The Morgan fingerprint density at radius 1 is 1.38 bits per heavy atom. The van der Waals surface area contributed by atoms with E-state index in [-0.39, 0.29) is 18.0 Å².